The third-order valence-electron chi connectivity index (χ3n) is 3.02. The van der Waals surface area contributed by atoms with Gasteiger partial charge in [-0.15, -0.1) is 0 Å². The molecule has 0 radical (unpaired) electrons. The highest BCUT2D eigenvalue weighted by Gasteiger charge is 2.53. The quantitative estimate of drug-likeness (QED) is 0.651. The number of carbonyl (C=O) groups excluding carboxylic acids is 3. The molecule has 0 fully saturated rings. The van der Waals surface area contributed by atoms with Gasteiger partial charge in [0.2, 0.25) is 0 Å². The first-order chi connectivity index (χ1) is 11.7. The zero-order chi connectivity index (χ0) is 19.0. The summed E-state index contributed by atoms with van der Waals surface area (Å²) in [6.07, 6.45) is -0.168. The molecular weight excluding hydrogens is 354 g/mol. The molecule has 0 atom stereocenters. The van der Waals surface area contributed by atoms with Crippen LogP contribution in [0.25, 0.3) is 0 Å². The van der Waals surface area contributed by atoms with Crippen molar-refractivity contribution in [3.05, 3.63) is 35.4 Å². The van der Waals surface area contributed by atoms with Gasteiger partial charge in [0.15, 0.2) is 0 Å². The molecule has 0 amide bonds. The Morgan fingerprint density at radius 3 is 1.48 bits per heavy atom. The van der Waals surface area contributed by atoms with Crippen LogP contribution in [-0.2, 0) is 33.7 Å². The molecular formula is C16H20F2O6Si. The molecule has 0 aromatic heterocycles. The standard InChI is InChI=1S/C16H20F2O6Si/c1-4-14(19)22-25(23-15(20)5-2,24-16(21)6-3)10-11-7-12(17)9-13(18)8-11/h7-9H,4-6,10H2,1-3H3. The van der Waals surface area contributed by atoms with Gasteiger partial charge >= 0.3 is 8.80 Å². The highest BCUT2D eigenvalue weighted by atomic mass is 28.4. The van der Waals surface area contributed by atoms with E-state index in [1.165, 1.54) is 20.8 Å². The molecule has 0 unspecified atom stereocenters. The van der Waals surface area contributed by atoms with Crippen molar-refractivity contribution in [1.82, 2.24) is 0 Å². The van der Waals surface area contributed by atoms with E-state index in [-0.39, 0.29) is 24.8 Å². The van der Waals surface area contributed by atoms with Gasteiger partial charge in [0.25, 0.3) is 17.9 Å². The molecule has 0 N–H and O–H groups in total. The van der Waals surface area contributed by atoms with E-state index in [0.29, 0.717) is 6.07 Å². The van der Waals surface area contributed by atoms with Gasteiger partial charge in [0.05, 0.1) is 6.04 Å². The lowest BCUT2D eigenvalue weighted by Gasteiger charge is -2.27. The summed E-state index contributed by atoms with van der Waals surface area (Å²) in [5.41, 5.74) is 0.0425. The summed E-state index contributed by atoms with van der Waals surface area (Å²) in [5, 5.41) is 0. The number of carbonyl (C=O) groups is 3. The molecule has 0 aliphatic rings. The van der Waals surface area contributed by atoms with E-state index < -0.39 is 44.4 Å². The highest BCUT2D eigenvalue weighted by molar-refractivity contribution is 6.65. The third kappa shape index (κ3) is 6.61. The molecule has 1 rings (SSSR count). The fourth-order valence-corrected chi connectivity index (χ4v) is 4.39. The number of hydrogen-bond donors (Lipinski definition) is 0. The van der Waals surface area contributed by atoms with E-state index >= 15 is 0 Å². The summed E-state index contributed by atoms with van der Waals surface area (Å²) in [6.45, 7) is 4.52. The Morgan fingerprint density at radius 2 is 1.16 bits per heavy atom. The molecule has 0 saturated heterocycles. The smallest absolute Gasteiger partial charge is 0.455 e. The molecule has 0 spiro atoms. The Kier molecular flexibility index (Phi) is 7.68. The monoisotopic (exact) mass is 374 g/mol. The molecule has 1 aromatic rings. The highest BCUT2D eigenvalue weighted by Crippen LogP contribution is 2.21. The van der Waals surface area contributed by atoms with Crippen LogP contribution < -0.4 is 0 Å². The largest absolute Gasteiger partial charge is 0.709 e. The van der Waals surface area contributed by atoms with Crippen LogP contribution in [0, 0.1) is 11.6 Å². The van der Waals surface area contributed by atoms with Crippen LogP contribution in [0.15, 0.2) is 18.2 Å². The molecule has 0 aliphatic carbocycles. The van der Waals surface area contributed by atoms with Crippen molar-refractivity contribution in [2.24, 2.45) is 0 Å². The van der Waals surface area contributed by atoms with Crippen LogP contribution in [0.3, 0.4) is 0 Å². The molecule has 0 heterocycles. The molecule has 9 heteroatoms. The molecule has 0 saturated carbocycles. The van der Waals surface area contributed by atoms with Crippen molar-refractivity contribution >= 4 is 26.7 Å². The van der Waals surface area contributed by atoms with Gasteiger partial charge in [-0.25, -0.2) is 8.78 Å². The van der Waals surface area contributed by atoms with Gasteiger partial charge in [0.1, 0.15) is 11.6 Å². The Morgan fingerprint density at radius 1 is 0.800 bits per heavy atom. The summed E-state index contributed by atoms with van der Waals surface area (Å²) >= 11 is 0. The van der Waals surface area contributed by atoms with Crippen LogP contribution in [0.2, 0.25) is 0 Å². The number of rotatable bonds is 8. The average Bonchev–Trinajstić information content (AvgIpc) is 2.53. The topological polar surface area (TPSA) is 78.9 Å². The zero-order valence-corrected chi connectivity index (χ0v) is 15.3. The maximum absolute atomic E-state index is 13.4. The normalized spacial score (nSPS) is 10.9. The van der Waals surface area contributed by atoms with Crippen molar-refractivity contribution in [3.63, 3.8) is 0 Å². The van der Waals surface area contributed by atoms with Crippen molar-refractivity contribution in [3.8, 4) is 0 Å². The van der Waals surface area contributed by atoms with Crippen molar-refractivity contribution in [1.29, 1.82) is 0 Å². The van der Waals surface area contributed by atoms with E-state index in [1.54, 1.807) is 0 Å². The Balaban J connectivity index is 3.29. The first-order valence-electron chi connectivity index (χ1n) is 7.84. The van der Waals surface area contributed by atoms with Gasteiger partial charge in [-0.2, -0.15) is 0 Å². The Labute approximate surface area is 145 Å². The van der Waals surface area contributed by atoms with E-state index in [0.717, 1.165) is 12.1 Å². The second-order valence-electron chi connectivity index (χ2n) is 5.12. The first kappa shape index (κ1) is 20.8. The summed E-state index contributed by atoms with van der Waals surface area (Å²) in [4.78, 5) is 35.3. The molecule has 0 bridgehead atoms. The number of halogens is 2. The fourth-order valence-electron chi connectivity index (χ4n) is 1.87. The number of benzene rings is 1. The molecule has 6 nitrogen and oxygen atoms in total. The predicted molar refractivity (Wildman–Crippen MR) is 85.0 cm³/mol. The summed E-state index contributed by atoms with van der Waals surface area (Å²) in [6, 6.07) is 2.24. The van der Waals surface area contributed by atoms with Gasteiger partial charge in [-0.3, -0.25) is 14.4 Å². The van der Waals surface area contributed by atoms with Gasteiger partial charge in [-0.05, 0) is 17.7 Å². The predicted octanol–water partition coefficient (Wildman–Crippen LogP) is 2.85. The zero-order valence-electron chi connectivity index (χ0n) is 14.3. The summed E-state index contributed by atoms with van der Waals surface area (Å²) in [7, 11) is -4.22. The van der Waals surface area contributed by atoms with Crippen LogP contribution in [-0.4, -0.2) is 26.7 Å². The molecule has 25 heavy (non-hydrogen) atoms. The van der Waals surface area contributed by atoms with E-state index in [1.807, 2.05) is 0 Å². The first-order valence-corrected chi connectivity index (χ1v) is 9.77. The summed E-state index contributed by atoms with van der Waals surface area (Å²) < 4.78 is 42.4. The van der Waals surface area contributed by atoms with E-state index in [4.69, 9.17) is 13.3 Å². The number of hydrogen-bond acceptors (Lipinski definition) is 6. The van der Waals surface area contributed by atoms with Crippen molar-refractivity contribution < 1.29 is 36.4 Å². The fraction of sp³-hybridized carbons (Fsp3) is 0.438. The minimum atomic E-state index is -4.22. The van der Waals surface area contributed by atoms with E-state index in [9.17, 15) is 23.2 Å². The Hall–Kier alpha value is -2.29. The second kappa shape index (κ2) is 9.26. The SMILES string of the molecule is CCC(=O)O[Si](Cc1cc(F)cc(F)c1)(OC(=O)CC)OC(=O)CC. The second-order valence-corrected chi connectivity index (χ2v) is 7.45. The molecule has 0 aliphatic heterocycles. The van der Waals surface area contributed by atoms with Gasteiger partial charge < -0.3 is 13.3 Å². The lowest BCUT2D eigenvalue weighted by Crippen LogP contribution is -2.52. The third-order valence-corrected chi connectivity index (χ3v) is 5.47. The van der Waals surface area contributed by atoms with Gasteiger partial charge in [0, 0.05) is 25.3 Å². The molecule has 1 aromatic carbocycles. The van der Waals surface area contributed by atoms with Crippen molar-refractivity contribution in [2.45, 2.75) is 46.1 Å². The average molecular weight is 374 g/mol. The lowest BCUT2D eigenvalue weighted by atomic mass is 10.2. The summed E-state index contributed by atoms with van der Waals surface area (Å²) in [5.74, 6) is -3.98. The lowest BCUT2D eigenvalue weighted by molar-refractivity contribution is -0.150. The minimum absolute atomic E-state index is 0.0425. The minimum Gasteiger partial charge on any atom is -0.455 e. The van der Waals surface area contributed by atoms with Crippen molar-refractivity contribution in [2.75, 3.05) is 0 Å². The van der Waals surface area contributed by atoms with Gasteiger partial charge in [-0.1, -0.05) is 20.8 Å². The van der Waals surface area contributed by atoms with Crippen LogP contribution in [0.4, 0.5) is 8.78 Å². The van der Waals surface area contributed by atoms with Crippen LogP contribution in [0.5, 0.6) is 0 Å². The molecule has 138 valence electrons. The Bertz CT molecular complexity index is 584. The maximum Gasteiger partial charge on any atom is 0.709 e. The van der Waals surface area contributed by atoms with E-state index in [2.05, 4.69) is 0 Å². The maximum atomic E-state index is 13.4. The van der Waals surface area contributed by atoms with Crippen LogP contribution >= 0.6 is 0 Å². The van der Waals surface area contributed by atoms with Crippen LogP contribution in [0.1, 0.15) is 45.6 Å².